The third-order valence-electron chi connectivity index (χ3n) is 6.90. The number of rotatable bonds is 4. The number of hydrogen-bond donors (Lipinski definition) is 0. The monoisotopic (exact) mass is 783 g/mol. The van der Waals surface area contributed by atoms with Gasteiger partial charge in [-0.15, -0.1) is 10.2 Å². The molecule has 5 heterocycles. The van der Waals surface area contributed by atoms with Crippen LogP contribution in [0.5, 0.6) is 5.75 Å². The van der Waals surface area contributed by atoms with Crippen LogP contribution in [0.1, 0.15) is 11.4 Å². The number of aromatic nitrogens is 5. The first-order valence-corrected chi connectivity index (χ1v) is 15.6. The van der Waals surface area contributed by atoms with Gasteiger partial charge in [0.25, 0.3) is 0 Å². The van der Waals surface area contributed by atoms with E-state index in [1.807, 2.05) is 86.6 Å². The predicted molar refractivity (Wildman–Crippen MR) is 169 cm³/mol. The fourth-order valence-corrected chi connectivity index (χ4v) is 4.73. The van der Waals surface area contributed by atoms with E-state index in [1.165, 1.54) is 0 Å². The Morgan fingerprint density at radius 1 is 0.531 bits per heavy atom. The molecule has 0 aliphatic rings. The molecule has 0 fully saturated rings. The summed E-state index contributed by atoms with van der Waals surface area (Å²) in [7, 11) is -3.28. The molecule has 0 bridgehead atoms. The summed E-state index contributed by atoms with van der Waals surface area (Å²) in [4.78, 5) is 22.8. The molecule has 250 valence electrons. The normalized spacial score (nSPS) is 10.4. The number of nitrogens with zero attached hydrogens (tertiary/aromatic N) is 5. The fraction of sp³-hybridized carbons (Fsp3) is 0.0833. The SMILES string of the molecule is COc1ccc(-c2cc(-c3ccccn3)nc(-c3ccccn3)c2)cc1.Cc1ccc2ccc3ccc(C)nc3c2n1.[Cl-].[O-][Cl+3]([O-])([O-])[O-].[Ru+2]. The molecule has 0 unspecified atom stereocenters. The maximum Gasteiger partial charge on any atom is 2.00 e. The third-order valence-corrected chi connectivity index (χ3v) is 6.90. The first-order chi connectivity index (χ1) is 22.6. The Bertz CT molecular complexity index is 1980. The van der Waals surface area contributed by atoms with Crippen molar-refractivity contribution in [1.29, 1.82) is 0 Å². The predicted octanol–water partition coefficient (Wildman–Crippen LogP) is 0.527. The van der Waals surface area contributed by atoms with Gasteiger partial charge in [0.05, 0.1) is 40.9 Å². The molecule has 0 radical (unpaired) electrons. The Morgan fingerprint density at radius 2 is 0.959 bits per heavy atom. The maximum atomic E-state index is 8.49. The molecule has 10 nitrogen and oxygen atoms in total. The van der Waals surface area contributed by atoms with Crippen LogP contribution < -0.4 is 35.8 Å². The van der Waals surface area contributed by atoms with E-state index >= 15 is 0 Å². The number of ether oxygens (including phenoxy) is 1. The minimum absolute atomic E-state index is 0. The molecule has 0 saturated heterocycles. The Hall–Kier alpha value is -4.45. The molecule has 2 aromatic carbocycles. The van der Waals surface area contributed by atoms with Crippen LogP contribution in [-0.2, 0) is 19.5 Å². The Morgan fingerprint density at radius 3 is 1.35 bits per heavy atom. The summed E-state index contributed by atoms with van der Waals surface area (Å²) in [6.07, 6.45) is 3.55. The van der Waals surface area contributed by atoms with Crippen molar-refractivity contribution in [2.75, 3.05) is 7.11 Å². The molecule has 0 aliphatic carbocycles. The number of benzene rings is 2. The van der Waals surface area contributed by atoms with Crippen molar-refractivity contribution in [1.82, 2.24) is 24.9 Å². The molecule has 49 heavy (non-hydrogen) atoms. The quantitative estimate of drug-likeness (QED) is 0.182. The maximum absolute atomic E-state index is 8.49. The van der Waals surface area contributed by atoms with Crippen LogP contribution in [0, 0.1) is 24.1 Å². The summed E-state index contributed by atoms with van der Waals surface area (Å²) in [6.45, 7) is 4.02. The molecule has 0 amide bonds. The number of aryl methyl sites for hydroxylation is 2. The van der Waals surface area contributed by atoms with Crippen LogP contribution >= 0.6 is 0 Å². The van der Waals surface area contributed by atoms with Crippen LogP contribution in [0.4, 0.5) is 0 Å². The summed E-state index contributed by atoms with van der Waals surface area (Å²) in [5, 5.41) is 2.30. The van der Waals surface area contributed by atoms with E-state index < -0.39 is 10.2 Å². The van der Waals surface area contributed by atoms with Crippen LogP contribution in [-0.4, -0.2) is 32.0 Å². The first-order valence-electron chi connectivity index (χ1n) is 14.3. The van der Waals surface area contributed by atoms with E-state index in [1.54, 1.807) is 19.5 Å². The van der Waals surface area contributed by atoms with Gasteiger partial charge in [0, 0.05) is 34.6 Å². The second-order valence-electron chi connectivity index (χ2n) is 10.3. The van der Waals surface area contributed by atoms with E-state index in [0.29, 0.717) is 0 Å². The second-order valence-corrected chi connectivity index (χ2v) is 11.0. The van der Waals surface area contributed by atoms with Crippen molar-refractivity contribution in [2.24, 2.45) is 0 Å². The zero-order valence-corrected chi connectivity index (χ0v) is 29.7. The van der Waals surface area contributed by atoms with Gasteiger partial charge >= 0.3 is 19.5 Å². The molecule has 7 rings (SSSR count). The number of fused-ring (bicyclic) bond motifs is 3. The zero-order valence-electron chi connectivity index (χ0n) is 26.4. The van der Waals surface area contributed by atoms with Crippen molar-refractivity contribution in [3.8, 4) is 39.7 Å². The summed E-state index contributed by atoms with van der Waals surface area (Å²) in [5.41, 5.74) is 9.51. The van der Waals surface area contributed by atoms with Crippen molar-refractivity contribution >= 4 is 21.8 Å². The second kappa shape index (κ2) is 17.8. The summed E-state index contributed by atoms with van der Waals surface area (Å²) < 4.78 is 39.2. The summed E-state index contributed by atoms with van der Waals surface area (Å²) in [6, 6.07) is 36.2. The zero-order chi connectivity index (χ0) is 33.4. The number of hydrogen-bond acceptors (Lipinski definition) is 10. The number of halogens is 2. The van der Waals surface area contributed by atoms with Gasteiger partial charge < -0.3 is 17.1 Å². The van der Waals surface area contributed by atoms with E-state index in [9.17, 15) is 0 Å². The Balaban J connectivity index is 0.000000242. The third kappa shape index (κ3) is 11.0. The standard InChI is InChI=1S/C22H17N3O.C14H12N2.ClHO4.ClH.Ru/c1-26-18-10-8-16(9-11-18)17-14-21(19-6-2-4-12-23-19)25-22(15-17)20-7-3-5-13-24-20;1-9-3-5-11-7-8-12-6-4-10(2)16-14(12)13(11)15-9;2-1(3,4)5;;/h2-15H,1H3;3-8H,1-2H3;(H,2,3,4,5);1H;/q;;;;+2/p-2. The molecule has 5 aromatic heterocycles. The number of pyridine rings is 5. The van der Waals surface area contributed by atoms with Gasteiger partial charge in [-0.3, -0.25) is 19.9 Å². The summed E-state index contributed by atoms with van der Waals surface area (Å²) >= 11 is 0. The molecule has 0 spiro atoms. The largest absolute Gasteiger partial charge is 2.00 e. The van der Waals surface area contributed by atoms with E-state index in [0.717, 1.165) is 72.8 Å². The molecule has 0 aliphatic heterocycles. The minimum Gasteiger partial charge on any atom is -1.00 e. The minimum atomic E-state index is -4.94. The molecular formula is C36H29Cl2N5O5Ru. The average molecular weight is 784 g/mol. The average Bonchev–Trinajstić information content (AvgIpc) is 3.08. The van der Waals surface area contributed by atoms with Crippen LogP contribution in [0.3, 0.4) is 0 Å². The van der Waals surface area contributed by atoms with E-state index in [4.69, 9.17) is 28.4 Å². The Kier molecular flexibility index (Phi) is 14.2. The fourth-order valence-electron chi connectivity index (χ4n) is 4.73. The van der Waals surface area contributed by atoms with Crippen LogP contribution in [0.2, 0.25) is 0 Å². The molecule has 0 atom stereocenters. The topological polar surface area (TPSA) is 166 Å². The summed E-state index contributed by atoms with van der Waals surface area (Å²) in [5.74, 6) is 0.831. The van der Waals surface area contributed by atoms with Gasteiger partial charge in [-0.25, -0.2) is 23.6 Å². The molecule has 7 aromatic rings. The van der Waals surface area contributed by atoms with E-state index in [2.05, 4.69) is 56.3 Å². The smallest absolute Gasteiger partial charge is 1.00 e. The van der Waals surface area contributed by atoms with Gasteiger partial charge in [0.2, 0.25) is 0 Å². The van der Waals surface area contributed by atoms with Gasteiger partial charge in [-0.2, -0.15) is 0 Å². The van der Waals surface area contributed by atoms with Crippen LogP contribution in [0.15, 0.2) is 122 Å². The van der Waals surface area contributed by atoms with Crippen LogP contribution in [0.25, 0.3) is 55.7 Å². The van der Waals surface area contributed by atoms with Gasteiger partial charge in [-0.1, -0.05) is 48.5 Å². The van der Waals surface area contributed by atoms with E-state index in [-0.39, 0.29) is 31.9 Å². The van der Waals surface area contributed by atoms with Gasteiger partial charge in [0.15, 0.2) is 0 Å². The van der Waals surface area contributed by atoms with Crippen molar-refractivity contribution < 1.29 is 65.5 Å². The van der Waals surface area contributed by atoms with Crippen molar-refractivity contribution in [2.45, 2.75) is 13.8 Å². The molecule has 0 saturated carbocycles. The molecular weight excluding hydrogens is 754 g/mol. The van der Waals surface area contributed by atoms with Gasteiger partial charge in [-0.05, 0) is 85.6 Å². The molecule has 0 N–H and O–H groups in total. The number of methoxy groups -OCH3 is 1. The first kappa shape index (κ1) is 39.0. The van der Waals surface area contributed by atoms with Gasteiger partial charge in [0.1, 0.15) is 5.75 Å². The van der Waals surface area contributed by atoms with Crippen molar-refractivity contribution in [3.63, 3.8) is 0 Å². The molecule has 13 heteroatoms. The van der Waals surface area contributed by atoms with Crippen molar-refractivity contribution in [3.05, 3.63) is 133 Å². The Labute approximate surface area is 304 Å².